The predicted octanol–water partition coefficient (Wildman–Crippen LogP) is 1.09. The Hall–Kier alpha value is -1.04. The van der Waals surface area contributed by atoms with Crippen LogP contribution in [0.25, 0.3) is 0 Å². The summed E-state index contributed by atoms with van der Waals surface area (Å²) in [7, 11) is 3.88. The second kappa shape index (κ2) is 4.45. The van der Waals surface area contributed by atoms with E-state index in [0.717, 1.165) is 10.2 Å². The van der Waals surface area contributed by atoms with E-state index >= 15 is 0 Å². The SMILES string of the molecule is CN(C(N)=NCc1nn(C)cc1Br)C1CC1. The Bertz CT molecular complexity index is 407. The van der Waals surface area contributed by atoms with Crippen molar-refractivity contribution in [1.29, 1.82) is 0 Å². The quantitative estimate of drug-likeness (QED) is 0.668. The highest BCUT2D eigenvalue weighted by Gasteiger charge is 2.27. The molecular formula is C10H16BrN5. The standard InChI is InChI=1S/C10H16BrN5/c1-15-6-8(11)9(14-15)5-13-10(12)16(2)7-3-4-7/h6-7H,3-5H2,1-2H3,(H2,12,13). The highest BCUT2D eigenvalue weighted by atomic mass is 79.9. The molecule has 0 radical (unpaired) electrons. The lowest BCUT2D eigenvalue weighted by Crippen LogP contribution is -2.35. The van der Waals surface area contributed by atoms with E-state index in [1.54, 1.807) is 4.68 Å². The van der Waals surface area contributed by atoms with Gasteiger partial charge in [0.1, 0.15) is 0 Å². The molecule has 1 saturated carbocycles. The van der Waals surface area contributed by atoms with Crippen LogP contribution in [0.15, 0.2) is 15.7 Å². The van der Waals surface area contributed by atoms with Crippen LogP contribution in [0.2, 0.25) is 0 Å². The summed E-state index contributed by atoms with van der Waals surface area (Å²) in [5.41, 5.74) is 6.80. The van der Waals surface area contributed by atoms with Gasteiger partial charge in [0, 0.05) is 26.3 Å². The molecule has 1 heterocycles. The summed E-state index contributed by atoms with van der Waals surface area (Å²) in [6.45, 7) is 0.518. The molecule has 2 N–H and O–H groups in total. The van der Waals surface area contributed by atoms with E-state index in [0.29, 0.717) is 18.5 Å². The number of hydrogen-bond donors (Lipinski definition) is 1. The molecule has 0 saturated heterocycles. The summed E-state index contributed by atoms with van der Waals surface area (Å²) < 4.78 is 2.73. The second-order valence-corrected chi connectivity index (χ2v) is 4.97. The van der Waals surface area contributed by atoms with Crippen LogP contribution in [0.4, 0.5) is 0 Å². The minimum atomic E-state index is 0.518. The molecule has 6 heteroatoms. The lowest BCUT2D eigenvalue weighted by Gasteiger charge is -2.16. The van der Waals surface area contributed by atoms with E-state index in [1.807, 2.05) is 25.2 Å². The zero-order chi connectivity index (χ0) is 11.7. The molecule has 1 fully saturated rings. The van der Waals surface area contributed by atoms with Gasteiger partial charge in [0.15, 0.2) is 5.96 Å². The van der Waals surface area contributed by atoms with Crippen LogP contribution in [0.5, 0.6) is 0 Å². The third-order valence-electron chi connectivity index (χ3n) is 2.70. The maximum absolute atomic E-state index is 5.89. The molecule has 0 aromatic carbocycles. The van der Waals surface area contributed by atoms with Crippen LogP contribution in [0.1, 0.15) is 18.5 Å². The Labute approximate surface area is 103 Å². The summed E-state index contributed by atoms with van der Waals surface area (Å²) in [6.07, 6.45) is 4.35. The molecule has 0 aliphatic heterocycles. The molecule has 1 aliphatic rings. The number of halogens is 1. The molecule has 0 atom stereocenters. The molecule has 2 rings (SSSR count). The Morgan fingerprint density at radius 1 is 1.75 bits per heavy atom. The molecule has 88 valence electrons. The van der Waals surface area contributed by atoms with Gasteiger partial charge in [0.05, 0.1) is 16.7 Å². The zero-order valence-electron chi connectivity index (χ0n) is 9.52. The van der Waals surface area contributed by atoms with E-state index in [1.165, 1.54) is 12.8 Å². The van der Waals surface area contributed by atoms with Crippen LogP contribution in [0, 0.1) is 0 Å². The van der Waals surface area contributed by atoms with E-state index in [4.69, 9.17) is 5.73 Å². The van der Waals surface area contributed by atoms with Gasteiger partial charge in [0.25, 0.3) is 0 Å². The van der Waals surface area contributed by atoms with E-state index in [-0.39, 0.29) is 0 Å². The number of nitrogens with zero attached hydrogens (tertiary/aromatic N) is 4. The Morgan fingerprint density at radius 3 is 2.94 bits per heavy atom. The molecule has 1 aromatic heterocycles. The van der Waals surface area contributed by atoms with Crippen molar-refractivity contribution < 1.29 is 0 Å². The van der Waals surface area contributed by atoms with Crippen molar-refractivity contribution in [3.8, 4) is 0 Å². The van der Waals surface area contributed by atoms with E-state index in [2.05, 4.69) is 26.0 Å². The smallest absolute Gasteiger partial charge is 0.191 e. The molecule has 5 nitrogen and oxygen atoms in total. The fraction of sp³-hybridized carbons (Fsp3) is 0.600. The molecule has 16 heavy (non-hydrogen) atoms. The van der Waals surface area contributed by atoms with Gasteiger partial charge in [-0.1, -0.05) is 0 Å². The van der Waals surface area contributed by atoms with Crippen molar-refractivity contribution in [3.05, 3.63) is 16.4 Å². The number of rotatable bonds is 3. The maximum Gasteiger partial charge on any atom is 0.191 e. The number of aryl methyl sites for hydroxylation is 1. The van der Waals surface area contributed by atoms with Crippen LogP contribution in [-0.4, -0.2) is 33.7 Å². The lowest BCUT2D eigenvalue weighted by molar-refractivity contribution is 0.487. The summed E-state index contributed by atoms with van der Waals surface area (Å²) in [5, 5.41) is 4.29. The molecule has 1 aliphatic carbocycles. The molecular weight excluding hydrogens is 270 g/mol. The second-order valence-electron chi connectivity index (χ2n) is 4.11. The van der Waals surface area contributed by atoms with E-state index in [9.17, 15) is 0 Å². The molecule has 0 amide bonds. The summed E-state index contributed by atoms with van der Waals surface area (Å²) in [4.78, 5) is 6.38. The maximum atomic E-state index is 5.89. The molecule has 0 spiro atoms. The fourth-order valence-corrected chi connectivity index (χ4v) is 2.03. The summed E-state index contributed by atoms with van der Waals surface area (Å²) in [6, 6.07) is 0.593. The molecule has 1 aromatic rings. The number of nitrogens with two attached hydrogens (primary N) is 1. The average Bonchev–Trinajstić information content (AvgIpc) is 3.01. The fourth-order valence-electron chi connectivity index (χ4n) is 1.53. The van der Waals surface area contributed by atoms with Gasteiger partial charge < -0.3 is 10.6 Å². The summed E-state index contributed by atoms with van der Waals surface area (Å²) in [5.74, 6) is 0.597. The number of hydrogen-bond acceptors (Lipinski definition) is 2. The molecule has 0 unspecified atom stereocenters. The highest BCUT2D eigenvalue weighted by Crippen LogP contribution is 2.25. The van der Waals surface area contributed by atoms with Crippen molar-refractivity contribution in [2.24, 2.45) is 17.8 Å². The minimum Gasteiger partial charge on any atom is -0.370 e. The van der Waals surface area contributed by atoms with Gasteiger partial charge in [0.2, 0.25) is 0 Å². The largest absolute Gasteiger partial charge is 0.370 e. The zero-order valence-corrected chi connectivity index (χ0v) is 11.1. The van der Waals surface area contributed by atoms with E-state index < -0.39 is 0 Å². The van der Waals surface area contributed by atoms with Crippen molar-refractivity contribution in [3.63, 3.8) is 0 Å². The van der Waals surface area contributed by atoms with Crippen molar-refractivity contribution in [1.82, 2.24) is 14.7 Å². The van der Waals surface area contributed by atoms with Crippen LogP contribution < -0.4 is 5.73 Å². The summed E-state index contributed by atoms with van der Waals surface area (Å²) >= 11 is 3.44. The van der Waals surface area contributed by atoms with Crippen molar-refractivity contribution >= 4 is 21.9 Å². The van der Waals surface area contributed by atoms with Crippen molar-refractivity contribution in [2.45, 2.75) is 25.4 Å². The third kappa shape index (κ3) is 2.55. The van der Waals surface area contributed by atoms with Gasteiger partial charge in [-0.15, -0.1) is 0 Å². The van der Waals surface area contributed by atoms with Gasteiger partial charge in [-0.05, 0) is 28.8 Å². The third-order valence-corrected chi connectivity index (χ3v) is 3.36. The van der Waals surface area contributed by atoms with Gasteiger partial charge in [-0.25, -0.2) is 4.99 Å². The predicted molar refractivity (Wildman–Crippen MR) is 67.0 cm³/mol. The van der Waals surface area contributed by atoms with Crippen LogP contribution in [0.3, 0.4) is 0 Å². The lowest BCUT2D eigenvalue weighted by atomic mass is 10.4. The van der Waals surface area contributed by atoms with Crippen molar-refractivity contribution in [2.75, 3.05) is 7.05 Å². The number of aliphatic imine (C=N–C) groups is 1. The van der Waals surface area contributed by atoms with Crippen LogP contribution in [-0.2, 0) is 13.6 Å². The first-order valence-corrected chi connectivity index (χ1v) is 6.08. The minimum absolute atomic E-state index is 0.518. The highest BCUT2D eigenvalue weighted by molar-refractivity contribution is 9.10. The van der Waals surface area contributed by atoms with Gasteiger partial charge >= 0.3 is 0 Å². The average molecular weight is 286 g/mol. The Morgan fingerprint density at radius 2 is 2.44 bits per heavy atom. The first-order valence-electron chi connectivity index (χ1n) is 5.28. The first kappa shape index (κ1) is 11.4. The van der Waals surface area contributed by atoms with Gasteiger partial charge in [-0.3, -0.25) is 4.68 Å². The topological polar surface area (TPSA) is 59.4 Å². The van der Waals surface area contributed by atoms with Crippen LogP contribution >= 0.6 is 15.9 Å². The van der Waals surface area contributed by atoms with Gasteiger partial charge in [-0.2, -0.15) is 5.10 Å². The normalized spacial score (nSPS) is 16.6. The number of aromatic nitrogens is 2. The first-order chi connectivity index (χ1) is 7.58. The molecule has 0 bridgehead atoms. The number of guanidine groups is 1. The Balaban J connectivity index is 1.99. The monoisotopic (exact) mass is 285 g/mol. The Kier molecular flexibility index (Phi) is 3.18.